The van der Waals surface area contributed by atoms with Crippen molar-refractivity contribution in [2.24, 2.45) is 5.92 Å². The van der Waals surface area contributed by atoms with Gasteiger partial charge in [-0.3, -0.25) is 9.89 Å². The lowest BCUT2D eigenvalue weighted by Crippen LogP contribution is -2.45. The maximum Gasteiger partial charge on any atom is 0.275 e. The Morgan fingerprint density at radius 3 is 2.95 bits per heavy atom. The average Bonchev–Trinajstić information content (AvgIpc) is 2.84. The molecular formula is C15H19N3O. The number of benzene rings is 1. The zero-order valence-corrected chi connectivity index (χ0v) is 11.4. The number of carbonyl (C=O) groups is 1. The van der Waals surface area contributed by atoms with Crippen molar-refractivity contribution in [1.82, 2.24) is 15.1 Å². The van der Waals surface area contributed by atoms with Crippen LogP contribution in [0.15, 0.2) is 24.3 Å². The molecule has 1 N–H and O–H groups in total. The van der Waals surface area contributed by atoms with Gasteiger partial charge in [0.05, 0.1) is 5.52 Å². The molecule has 2 atom stereocenters. The average molecular weight is 257 g/mol. The summed E-state index contributed by atoms with van der Waals surface area (Å²) in [5.74, 6) is 0.627. The van der Waals surface area contributed by atoms with Crippen LogP contribution in [0.1, 0.15) is 37.2 Å². The summed E-state index contributed by atoms with van der Waals surface area (Å²) >= 11 is 0. The van der Waals surface area contributed by atoms with E-state index in [1.807, 2.05) is 29.2 Å². The molecule has 19 heavy (non-hydrogen) atoms. The lowest BCUT2D eigenvalue weighted by Gasteiger charge is -2.36. The van der Waals surface area contributed by atoms with Crippen LogP contribution < -0.4 is 0 Å². The van der Waals surface area contributed by atoms with Crippen LogP contribution in [0.3, 0.4) is 0 Å². The topological polar surface area (TPSA) is 49.0 Å². The summed E-state index contributed by atoms with van der Waals surface area (Å²) in [5, 5.41) is 8.07. The molecule has 1 aromatic heterocycles. The van der Waals surface area contributed by atoms with Gasteiger partial charge in [0.25, 0.3) is 5.91 Å². The predicted octanol–water partition coefficient (Wildman–Crippen LogP) is 2.82. The molecule has 0 radical (unpaired) electrons. The van der Waals surface area contributed by atoms with Gasteiger partial charge < -0.3 is 4.90 Å². The number of aromatic amines is 1. The molecule has 3 rings (SSSR count). The number of likely N-dealkylation sites (tertiary alicyclic amines) is 1. The highest BCUT2D eigenvalue weighted by molar-refractivity contribution is 6.04. The van der Waals surface area contributed by atoms with Gasteiger partial charge in [-0.15, -0.1) is 0 Å². The molecule has 0 bridgehead atoms. The minimum atomic E-state index is 0.0523. The Morgan fingerprint density at radius 2 is 2.11 bits per heavy atom. The first kappa shape index (κ1) is 12.2. The fourth-order valence-corrected chi connectivity index (χ4v) is 2.83. The van der Waals surface area contributed by atoms with Gasteiger partial charge in [0.1, 0.15) is 0 Å². The molecule has 2 heterocycles. The van der Waals surface area contributed by atoms with E-state index in [4.69, 9.17) is 0 Å². The number of carbonyl (C=O) groups excluding carboxylic acids is 1. The maximum absolute atomic E-state index is 12.7. The van der Waals surface area contributed by atoms with Crippen molar-refractivity contribution in [1.29, 1.82) is 0 Å². The van der Waals surface area contributed by atoms with Gasteiger partial charge in [-0.2, -0.15) is 5.10 Å². The van der Waals surface area contributed by atoms with Crippen molar-refractivity contribution >= 4 is 16.8 Å². The molecule has 1 aliphatic rings. The monoisotopic (exact) mass is 257 g/mol. The second-order valence-corrected chi connectivity index (χ2v) is 5.61. The first-order valence-electron chi connectivity index (χ1n) is 6.91. The third-order valence-corrected chi connectivity index (χ3v) is 4.05. The van der Waals surface area contributed by atoms with E-state index in [0.717, 1.165) is 23.9 Å². The van der Waals surface area contributed by atoms with Crippen molar-refractivity contribution in [3.05, 3.63) is 30.0 Å². The van der Waals surface area contributed by atoms with Gasteiger partial charge in [-0.05, 0) is 31.7 Å². The maximum atomic E-state index is 12.7. The summed E-state index contributed by atoms with van der Waals surface area (Å²) in [6, 6.07) is 8.09. The lowest BCUT2D eigenvalue weighted by atomic mass is 9.94. The van der Waals surface area contributed by atoms with Crippen LogP contribution in [0, 0.1) is 5.92 Å². The molecule has 100 valence electrons. The SMILES string of the molecule is CC1CCC(C)N(C(=O)c2n[nH]c3ccccc23)C1. The van der Waals surface area contributed by atoms with E-state index >= 15 is 0 Å². The number of aromatic nitrogens is 2. The predicted molar refractivity (Wildman–Crippen MR) is 75.0 cm³/mol. The molecule has 0 spiro atoms. The number of amides is 1. The Balaban J connectivity index is 1.95. The van der Waals surface area contributed by atoms with Crippen LogP contribution in [-0.2, 0) is 0 Å². The summed E-state index contributed by atoms with van der Waals surface area (Å²) in [4.78, 5) is 14.6. The number of piperidine rings is 1. The van der Waals surface area contributed by atoms with E-state index in [2.05, 4.69) is 24.0 Å². The van der Waals surface area contributed by atoms with Crippen molar-refractivity contribution < 1.29 is 4.79 Å². The Labute approximate surface area is 112 Å². The first-order valence-corrected chi connectivity index (χ1v) is 6.91. The van der Waals surface area contributed by atoms with E-state index < -0.39 is 0 Å². The lowest BCUT2D eigenvalue weighted by molar-refractivity contribution is 0.0570. The molecule has 1 amide bonds. The Bertz CT molecular complexity index is 604. The summed E-state index contributed by atoms with van der Waals surface area (Å²) in [6.45, 7) is 5.16. The third-order valence-electron chi connectivity index (χ3n) is 4.05. The van der Waals surface area contributed by atoms with Crippen LogP contribution >= 0.6 is 0 Å². The molecule has 2 unspecified atom stereocenters. The molecule has 0 saturated carbocycles. The molecule has 4 heteroatoms. The Hall–Kier alpha value is -1.84. The van der Waals surface area contributed by atoms with Gasteiger partial charge in [0, 0.05) is 18.0 Å². The highest BCUT2D eigenvalue weighted by Gasteiger charge is 2.29. The van der Waals surface area contributed by atoms with Crippen LogP contribution in [0.5, 0.6) is 0 Å². The number of nitrogens with zero attached hydrogens (tertiary/aromatic N) is 2. The molecule has 1 fully saturated rings. The second kappa shape index (κ2) is 4.68. The molecule has 1 aromatic carbocycles. The number of nitrogens with one attached hydrogen (secondary N) is 1. The molecular weight excluding hydrogens is 238 g/mol. The number of hydrogen-bond acceptors (Lipinski definition) is 2. The van der Waals surface area contributed by atoms with Crippen molar-refractivity contribution in [3.63, 3.8) is 0 Å². The second-order valence-electron chi connectivity index (χ2n) is 5.61. The fourth-order valence-electron chi connectivity index (χ4n) is 2.83. The molecule has 1 saturated heterocycles. The molecule has 4 nitrogen and oxygen atoms in total. The van der Waals surface area contributed by atoms with Gasteiger partial charge in [0.15, 0.2) is 5.69 Å². The van der Waals surface area contributed by atoms with E-state index in [0.29, 0.717) is 17.7 Å². The van der Waals surface area contributed by atoms with Gasteiger partial charge >= 0.3 is 0 Å². The number of rotatable bonds is 1. The third kappa shape index (κ3) is 2.11. The molecule has 1 aliphatic heterocycles. The van der Waals surface area contributed by atoms with Gasteiger partial charge in [0.2, 0.25) is 0 Å². The minimum absolute atomic E-state index is 0.0523. The summed E-state index contributed by atoms with van der Waals surface area (Å²) in [5.41, 5.74) is 1.47. The standard InChI is InChI=1S/C15H19N3O/c1-10-7-8-11(2)18(9-10)15(19)14-12-5-3-4-6-13(12)16-17-14/h3-6,10-11H,7-9H2,1-2H3,(H,16,17). The van der Waals surface area contributed by atoms with Crippen LogP contribution in [0.2, 0.25) is 0 Å². The number of hydrogen-bond donors (Lipinski definition) is 1. The van der Waals surface area contributed by atoms with Gasteiger partial charge in [-0.1, -0.05) is 25.1 Å². The minimum Gasteiger partial charge on any atom is -0.334 e. The molecule has 0 aliphatic carbocycles. The highest BCUT2D eigenvalue weighted by Crippen LogP contribution is 2.25. The van der Waals surface area contributed by atoms with E-state index in [9.17, 15) is 4.79 Å². The first-order chi connectivity index (χ1) is 9.16. The van der Waals surface area contributed by atoms with Crippen LogP contribution in [0.25, 0.3) is 10.9 Å². The van der Waals surface area contributed by atoms with Crippen molar-refractivity contribution in [2.75, 3.05) is 6.54 Å². The van der Waals surface area contributed by atoms with Crippen LogP contribution in [0.4, 0.5) is 0 Å². The summed E-state index contributed by atoms with van der Waals surface area (Å²) in [7, 11) is 0. The highest BCUT2D eigenvalue weighted by atomic mass is 16.2. The van der Waals surface area contributed by atoms with Crippen molar-refractivity contribution in [3.8, 4) is 0 Å². The summed E-state index contributed by atoms with van der Waals surface area (Å²) < 4.78 is 0. The summed E-state index contributed by atoms with van der Waals surface area (Å²) in [6.07, 6.45) is 2.28. The van der Waals surface area contributed by atoms with E-state index in [1.54, 1.807) is 0 Å². The normalized spacial score (nSPS) is 23.8. The fraction of sp³-hybridized carbons (Fsp3) is 0.467. The van der Waals surface area contributed by atoms with E-state index in [-0.39, 0.29) is 5.91 Å². The van der Waals surface area contributed by atoms with E-state index in [1.165, 1.54) is 6.42 Å². The van der Waals surface area contributed by atoms with Crippen LogP contribution in [-0.4, -0.2) is 33.6 Å². The quantitative estimate of drug-likeness (QED) is 0.854. The smallest absolute Gasteiger partial charge is 0.275 e. The molecule has 2 aromatic rings. The number of fused-ring (bicyclic) bond motifs is 1. The number of H-pyrrole nitrogens is 1. The van der Waals surface area contributed by atoms with Gasteiger partial charge in [-0.25, -0.2) is 0 Å². The Morgan fingerprint density at radius 1 is 1.32 bits per heavy atom. The zero-order chi connectivity index (χ0) is 13.4. The number of para-hydroxylation sites is 1. The van der Waals surface area contributed by atoms with Crippen molar-refractivity contribution in [2.45, 2.75) is 32.7 Å². The zero-order valence-electron chi connectivity index (χ0n) is 11.4. The Kier molecular flexibility index (Phi) is 3.01. The largest absolute Gasteiger partial charge is 0.334 e.